The molecule has 0 saturated carbocycles. The van der Waals surface area contributed by atoms with Gasteiger partial charge in [-0.3, -0.25) is 4.79 Å². The fraction of sp³-hybridized carbons (Fsp3) is 0.167. The Bertz CT molecular complexity index is 882. The normalized spacial score (nSPS) is 10.6. The van der Waals surface area contributed by atoms with Crippen LogP contribution in [-0.2, 0) is 11.3 Å². The highest BCUT2D eigenvalue weighted by Gasteiger charge is 2.11. The highest BCUT2D eigenvalue weighted by Crippen LogP contribution is 2.23. The summed E-state index contributed by atoms with van der Waals surface area (Å²) in [5.74, 6) is 0.543. The summed E-state index contributed by atoms with van der Waals surface area (Å²) in [5, 5.41) is 11.9. The van der Waals surface area contributed by atoms with Crippen LogP contribution in [0.5, 0.6) is 0 Å². The standard InChI is InChI=1S/C18H16ClN3O2S/c1-12-4-2-6-14(8-12)17-21-22-18(24-17)25-11-16(23)20-10-13-5-3-7-15(19)9-13/h2-9H,10-11H2,1H3,(H,20,23). The number of nitrogens with zero attached hydrogens (tertiary/aromatic N) is 2. The lowest BCUT2D eigenvalue weighted by Crippen LogP contribution is -2.24. The van der Waals surface area contributed by atoms with E-state index in [2.05, 4.69) is 15.5 Å². The van der Waals surface area contributed by atoms with Crippen LogP contribution in [0.25, 0.3) is 11.5 Å². The van der Waals surface area contributed by atoms with Gasteiger partial charge in [-0.2, -0.15) is 0 Å². The van der Waals surface area contributed by atoms with Gasteiger partial charge in [0.1, 0.15) is 0 Å². The third-order valence-corrected chi connectivity index (χ3v) is 4.43. The Hall–Kier alpha value is -2.31. The van der Waals surface area contributed by atoms with Gasteiger partial charge in [-0.1, -0.05) is 53.2 Å². The molecule has 1 amide bonds. The summed E-state index contributed by atoms with van der Waals surface area (Å²) >= 11 is 7.13. The zero-order valence-corrected chi connectivity index (χ0v) is 15.1. The third kappa shape index (κ3) is 5.08. The SMILES string of the molecule is Cc1cccc(-c2nnc(SCC(=O)NCc3cccc(Cl)c3)o2)c1. The van der Waals surface area contributed by atoms with Crippen LogP contribution < -0.4 is 5.32 Å². The molecule has 0 spiro atoms. The predicted molar refractivity (Wildman–Crippen MR) is 98.5 cm³/mol. The minimum absolute atomic E-state index is 0.111. The number of halogens is 1. The minimum atomic E-state index is -0.111. The largest absolute Gasteiger partial charge is 0.411 e. The molecule has 3 aromatic rings. The number of amides is 1. The van der Waals surface area contributed by atoms with Gasteiger partial charge in [0.15, 0.2) is 0 Å². The van der Waals surface area contributed by atoms with E-state index >= 15 is 0 Å². The molecule has 1 heterocycles. The van der Waals surface area contributed by atoms with E-state index in [1.54, 1.807) is 6.07 Å². The zero-order chi connectivity index (χ0) is 17.6. The van der Waals surface area contributed by atoms with E-state index in [9.17, 15) is 4.79 Å². The lowest BCUT2D eigenvalue weighted by Gasteiger charge is -2.04. The van der Waals surface area contributed by atoms with Crippen LogP contribution in [0.15, 0.2) is 58.2 Å². The summed E-state index contributed by atoms with van der Waals surface area (Å²) in [6.45, 7) is 2.43. The van der Waals surface area contributed by atoms with Crippen LogP contribution in [0.3, 0.4) is 0 Å². The zero-order valence-electron chi connectivity index (χ0n) is 13.5. The average molecular weight is 374 g/mol. The van der Waals surface area contributed by atoms with Gasteiger partial charge in [0.25, 0.3) is 5.22 Å². The van der Waals surface area contributed by atoms with Gasteiger partial charge < -0.3 is 9.73 Å². The Labute approximate surface area is 154 Å². The Morgan fingerprint density at radius 2 is 2.04 bits per heavy atom. The average Bonchev–Trinajstić information content (AvgIpc) is 3.07. The molecule has 0 radical (unpaired) electrons. The predicted octanol–water partition coefficient (Wildman–Crippen LogP) is 4.11. The molecule has 0 bridgehead atoms. The molecule has 0 aliphatic rings. The molecule has 5 nitrogen and oxygen atoms in total. The van der Waals surface area contributed by atoms with E-state index in [1.165, 1.54) is 11.8 Å². The minimum Gasteiger partial charge on any atom is -0.411 e. The number of thioether (sulfide) groups is 1. The highest BCUT2D eigenvalue weighted by molar-refractivity contribution is 7.99. The molecule has 1 N–H and O–H groups in total. The molecule has 0 aliphatic carbocycles. The van der Waals surface area contributed by atoms with Gasteiger partial charge in [-0.25, -0.2) is 0 Å². The number of aryl methyl sites for hydroxylation is 1. The van der Waals surface area contributed by atoms with Gasteiger partial charge in [-0.15, -0.1) is 10.2 Å². The molecule has 2 aromatic carbocycles. The summed E-state index contributed by atoms with van der Waals surface area (Å²) < 4.78 is 5.60. The van der Waals surface area contributed by atoms with E-state index in [-0.39, 0.29) is 11.7 Å². The molecule has 1 aromatic heterocycles. The summed E-state index contributed by atoms with van der Waals surface area (Å²) in [5.41, 5.74) is 2.93. The second kappa shape index (κ2) is 8.18. The van der Waals surface area contributed by atoms with Crippen molar-refractivity contribution in [2.45, 2.75) is 18.7 Å². The van der Waals surface area contributed by atoms with Crippen molar-refractivity contribution in [3.8, 4) is 11.5 Å². The number of benzene rings is 2. The maximum atomic E-state index is 11.9. The number of hydrogen-bond acceptors (Lipinski definition) is 5. The smallest absolute Gasteiger partial charge is 0.277 e. The fourth-order valence-electron chi connectivity index (χ4n) is 2.19. The van der Waals surface area contributed by atoms with E-state index in [0.29, 0.717) is 22.7 Å². The molecule has 0 unspecified atom stereocenters. The monoisotopic (exact) mass is 373 g/mol. The fourth-order valence-corrected chi connectivity index (χ4v) is 2.99. The molecule has 0 saturated heterocycles. The van der Waals surface area contributed by atoms with Gasteiger partial charge in [0.05, 0.1) is 5.75 Å². The van der Waals surface area contributed by atoms with Crippen molar-refractivity contribution < 1.29 is 9.21 Å². The summed E-state index contributed by atoms with van der Waals surface area (Å²) in [6.07, 6.45) is 0. The van der Waals surface area contributed by atoms with E-state index in [4.69, 9.17) is 16.0 Å². The van der Waals surface area contributed by atoms with Gasteiger partial charge >= 0.3 is 0 Å². The molecular formula is C18H16ClN3O2S. The molecule has 0 aliphatic heterocycles. The lowest BCUT2D eigenvalue weighted by atomic mass is 10.1. The van der Waals surface area contributed by atoms with Crippen molar-refractivity contribution >= 4 is 29.3 Å². The highest BCUT2D eigenvalue weighted by atomic mass is 35.5. The van der Waals surface area contributed by atoms with Crippen LogP contribution in [0.1, 0.15) is 11.1 Å². The van der Waals surface area contributed by atoms with Crippen LogP contribution >= 0.6 is 23.4 Å². The molecule has 0 fully saturated rings. The van der Waals surface area contributed by atoms with Gasteiger partial charge in [0, 0.05) is 17.1 Å². The third-order valence-electron chi connectivity index (χ3n) is 3.38. The van der Waals surface area contributed by atoms with Crippen LogP contribution in [0, 0.1) is 6.92 Å². The summed E-state index contributed by atoms with van der Waals surface area (Å²) in [6, 6.07) is 15.2. The van der Waals surface area contributed by atoms with Crippen molar-refractivity contribution in [3.63, 3.8) is 0 Å². The van der Waals surface area contributed by atoms with Gasteiger partial charge in [0.2, 0.25) is 11.8 Å². The van der Waals surface area contributed by atoms with Crippen LogP contribution in [0.4, 0.5) is 0 Å². The Balaban J connectivity index is 1.51. The quantitative estimate of drug-likeness (QED) is 0.658. The first-order valence-electron chi connectivity index (χ1n) is 7.64. The number of carbonyl (C=O) groups excluding carboxylic acids is 1. The van der Waals surface area contributed by atoms with Crippen molar-refractivity contribution in [2.75, 3.05) is 5.75 Å². The maximum absolute atomic E-state index is 11.9. The molecular weight excluding hydrogens is 358 g/mol. The number of rotatable bonds is 6. The Kier molecular flexibility index (Phi) is 5.73. The van der Waals surface area contributed by atoms with E-state index in [1.807, 2.05) is 49.4 Å². The second-order valence-corrected chi connectivity index (χ2v) is 6.80. The number of nitrogens with one attached hydrogen (secondary N) is 1. The molecule has 128 valence electrons. The first-order valence-corrected chi connectivity index (χ1v) is 9.01. The van der Waals surface area contributed by atoms with Crippen LogP contribution in [-0.4, -0.2) is 21.9 Å². The first-order chi connectivity index (χ1) is 12.1. The number of hydrogen-bond donors (Lipinski definition) is 1. The molecule has 0 atom stereocenters. The van der Waals surface area contributed by atoms with Crippen molar-refractivity contribution in [1.82, 2.24) is 15.5 Å². The van der Waals surface area contributed by atoms with Crippen molar-refractivity contribution in [2.24, 2.45) is 0 Å². The lowest BCUT2D eigenvalue weighted by molar-refractivity contribution is -0.118. The van der Waals surface area contributed by atoms with Gasteiger partial charge in [-0.05, 0) is 36.8 Å². The summed E-state index contributed by atoms with van der Waals surface area (Å²) in [4.78, 5) is 11.9. The Morgan fingerprint density at radius 1 is 1.20 bits per heavy atom. The Morgan fingerprint density at radius 3 is 2.84 bits per heavy atom. The second-order valence-electron chi connectivity index (χ2n) is 5.44. The van der Waals surface area contributed by atoms with Crippen molar-refractivity contribution in [3.05, 3.63) is 64.7 Å². The first kappa shape index (κ1) is 17.5. The molecule has 25 heavy (non-hydrogen) atoms. The topological polar surface area (TPSA) is 68.0 Å². The molecule has 7 heteroatoms. The molecule has 3 rings (SSSR count). The van der Waals surface area contributed by atoms with Crippen molar-refractivity contribution in [1.29, 1.82) is 0 Å². The van der Waals surface area contributed by atoms with Crippen LogP contribution in [0.2, 0.25) is 5.02 Å². The summed E-state index contributed by atoms with van der Waals surface area (Å²) in [7, 11) is 0. The maximum Gasteiger partial charge on any atom is 0.277 e. The number of carbonyl (C=O) groups is 1. The number of aromatic nitrogens is 2. The van der Waals surface area contributed by atoms with E-state index < -0.39 is 0 Å². The van der Waals surface area contributed by atoms with E-state index in [0.717, 1.165) is 16.7 Å².